The predicted molar refractivity (Wildman–Crippen MR) is 109 cm³/mol. The molecule has 1 heterocycles. The normalized spacial score (nSPS) is 23.1. The van der Waals surface area contributed by atoms with Crippen molar-refractivity contribution in [1.82, 2.24) is 0 Å². The summed E-state index contributed by atoms with van der Waals surface area (Å²) in [6.45, 7) is 0. The Bertz CT molecular complexity index is 1110. The Morgan fingerprint density at radius 1 is 0.897 bits per heavy atom. The molecule has 2 aliphatic rings. The van der Waals surface area contributed by atoms with Crippen LogP contribution in [0.4, 0.5) is 10.1 Å². The lowest BCUT2D eigenvalue weighted by molar-refractivity contribution is -0.122. The van der Waals surface area contributed by atoms with Crippen LogP contribution in [0.25, 0.3) is 0 Å². The van der Waals surface area contributed by atoms with Gasteiger partial charge in [0.25, 0.3) is 0 Å². The number of nitrogens with zero attached hydrogens (tertiary/aromatic N) is 1. The molecule has 5 heteroatoms. The van der Waals surface area contributed by atoms with Gasteiger partial charge in [-0.25, -0.2) is 4.39 Å². The van der Waals surface area contributed by atoms with Crippen LogP contribution in [0.2, 0.25) is 5.02 Å². The summed E-state index contributed by atoms with van der Waals surface area (Å²) in [5.74, 6) is -2.09. The Labute approximate surface area is 172 Å². The summed E-state index contributed by atoms with van der Waals surface area (Å²) in [5.41, 5.74) is 3.32. The number of imide groups is 1. The van der Waals surface area contributed by atoms with Gasteiger partial charge in [-0.15, -0.1) is 0 Å². The molecule has 0 bridgehead atoms. The van der Waals surface area contributed by atoms with E-state index in [0.29, 0.717) is 17.1 Å². The van der Waals surface area contributed by atoms with Gasteiger partial charge in [0.15, 0.2) is 0 Å². The number of hydrogen-bond acceptors (Lipinski definition) is 2. The van der Waals surface area contributed by atoms with Crippen molar-refractivity contribution in [3.05, 3.63) is 100 Å². The maximum atomic E-state index is 13.6. The first-order valence-electron chi connectivity index (χ1n) is 9.51. The second kappa shape index (κ2) is 6.82. The Balaban J connectivity index is 1.67. The summed E-state index contributed by atoms with van der Waals surface area (Å²) >= 11 is 6.26. The van der Waals surface area contributed by atoms with Gasteiger partial charge in [-0.3, -0.25) is 14.5 Å². The van der Waals surface area contributed by atoms with Gasteiger partial charge < -0.3 is 0 Å². The molecule has 2 amide bonds. The zero-order valence-corrected chi connectivity index (χ0v) is 16.1. The number of carbonyl (C=O) groups excluding carboxylic acids is 2. The maximum absolute atomic E-state index is 13.6. The monoisotopic (exact) mass is 405 g/mol. The summed E-state index contributed by atoms with van der Waals surface area (Å²) in [5, 5.41) is 0.575. The molecule has 3 aromatic carbocycles. The van der Waals surface area contributed by atoms with Gasteiger partial charge in [0.2, 0.25) is 11.8 Å². The Morgan fingerprint density at radius 2 is 1.62 bits per heavy atom. The first-order chi connectivity index (χ1) is 14.0. The third-order valence-electron chi connectivity index (χ3n) is 5.96. The minimum Gasteiger partial charge on any atom is -0.274 e. The van der Waals surface area contributed by atoms with E-state index in [1.165, 1.54) is 17.0 Å². The van der Waals surface area contributed by atoms with Crippen LogP contribution in [0.15, 0.2) is 72.8 Å². The number of carbonyl (C=O) groups is 2. The van der Waals surface area contributed by atoms with Gasteiger partial charge in [-0.05, 0) is 59.5 Å². The lowest BCUT2D eigenvalue weighted by Gasteiger charge is -2.33. The average molecular weight is 406 g/mol. The van der Waals surface area contributed by atoms with Crippen molar-refractivity contribution in [1.29, 1.82) is 0 Å². The van der Waals surface area contributed by atoms with Crippen molar-refractivity contribution in [2.75, 3.05) is 4.90 Å². The molecule has 0 saturated carbocycles. The Hall–Kier alpha value is -2.98. The summed E-state index contributed by atoms with van der Waals surface area (Å²) in [6, 6.07) is 20.8. The minimum absolute atomic E-state index is 0.182. The standard InChI is InChI=1S/C24H17ClFNO2/c25-16-9-6-15-12-20-22(21(19(15)13-16)14-7-10-17(26)11-8-14)24(29)27(23(20)28)18-4-2-1-3-5-18/h1-11,13,20-22H,12H2/t20-,21+,22-/m1/s1. The summed E-state index contributed by atoms with van der Waals surface area (Å²) < 4.78 is 13.6. The summed E-state index contributed by atoms with van der Waals surface area (Å²) in [6.07, 6.45) is 0.489. The molecule has 0 radical (unpaired) electrons. The van der Waals surface area contributed by atoms with Crippen molar-refractivity contribution in [2.24, 2.45) is 11.8 Å². The van der Waals surface area contributed by atoms with Crippen LogP contribution in [0.3, 0.4) is 0 Å². The lowest BCUT2D eigenvalue weighted by Crippen LogP contribution is -2.33. The zero-order valence-electron chi connectivity index (χ0n) is 15.4. The first kappa shape index (κ1) is 18.1. The van der Waals surface area contributed by atoms with Gasteiger partial charge >= 0.3 is 0 Å². The topological polar surface area (TPSA) is 37.4 Å². The van der Waals surface area contributed by atoms with Gasteiger partial charge in [0.05, 0.1) is 17.5 Å². The van der Waals surface area contributed by atoms with Gasteiger partial charge in [0.1, 0.15) is 5.82 Å². The molecule has 29 heavy (non-hydrogen) atoms. The molecule has 1 aliphatic carbocycles. The van der Waals surface area contributed by atoms with E-state index in [4.69, 9.17) is 11.6 Å². The molecule has 0 aromatic heterocycles. The van der Waals surface area contributed by atoms with E-state index in [-0.39, 0.29) is 23.5 Å². The summed E-state index contributed by atoms with van der Waals surface area (Å²) in [7, 11) is 0. The molecule has 0 N–H and O–H groups in total. The predicted octanol–water partition coefficient (Wildman–Crippen LogP) is 4.97. The van der Waals surface area contributed by atoms with E-state index in [9.17, 15) is 14.0 Å². The summed E-state index contributed by atoms with van der Waals surface area (Å²) in [4.78, 5) is 28.1. The average Bonchev–Trinajstić information content (AvgIpc) is 2.98. The second-order valence-corrected chi connectivity index (χ2v) is 7.99. The van der Waals surface area contributed by atoms with E-state index in [2.05, 4.69) is 0 Å². The highest BCUT2D eigenvalue weighted by molar-refractivity contribution is 6.30. The number of anilines is 1. The second-order valence-electron chi connectivity index (χ2n) is 7.56. The van der Waals surface area contributed by atoms with E-state index < -0.39 is 11.8 Å². The number of rotatable bonds is 2. The first-order valence-corrected chi connectivity index (χ1v) is 9.89. The van der Waals surface area contributed by atoms with Crippen LogP contribution in [-0.2, 0) is 16.0 Å². The van der Waals surface area contributed by atoms with Gasteiger partial charge in [-0.1, -0.05) is 48.0 Å². The fourth-order valence-corrected chi connectivity index (χ4v) is 4.88. The van der Waals surface area contributed by atoms with Crippen LogP contribution in [0, 0.1) is 17.7 Å². The molecule has 1 aliphatic heterocycles. The van der Waals surface area contributed by atoms with E-state index in [0.717, 1.165) is 16.7 Å². The number of hydrogen-bond donors (Lipinski definition) is 0. The van der Waals surface area contributed by atoms with Crippen molar-refractivity contribution in [2.45, 2.75) is 12.3 Å². The van der Waals surface area contributed by atoms with Gasteiger partial charge in [0, 0.05) is 10.9 Å². The van der Waals surface area contributed by atoms with E-state index >= 15 is 0 Å². The highest BCUT2D eigenvalue weighted by Gasteiger charge is 2.54. The molecular weight excluding hydrogens is 389 g/mol. The molecule has 1 saturated heterocycles. The van der Waals surface area contributed by atoms with Crippen molar-refractivity contribution >= 4 is 29.1 Å². The van der Waals surface area contributed by atoms with Crippen molar-refractivity contribution in [3.63, 3.8) is 0 Å². The number of benzene rings is 3. The molecule has 1 fully saturated rings. The molecule has 0 spiro atoms. The third-order valence-corrected chi connectivity index (χ3v) is 6.20. The minimum atomic E-state index is -0.542. The fraction of sp³-hybridized carbons (Fsp3) is 0.167. The molecule has 3 atom stereocenters. The SMILES string of the molecule is O=C1[C@H]2[C@@H](c3ccc(F)cc3)c3cc(Cl)ccc3C[C@H]2C(=O)N1c1ccccc1. The quantitative estimate of drug-likeness (QED) is 0.564. The van der Waals surface area contributed by atoms with Crippen molar-refractivity contribution in [3.8, 4) is 0 Å². The molecule has 3 nitrogen and oxygen atoms in total. The van der Waals surface area contributed by atoms with Crippen LogP contribution < -0.4 is 4.90 Å². The largest absolute Gasteiger partial charge is 0.274 e. The molecule has 5 rings (SSSR count). The van der Waals surface area contributed by atoms with Crippen LogP contribution in [-0.4, -0.2) is 11.8 Å². The van der Waals surface area contributed by atoms with E-state index in [1.54, 1.807) is 30.3 Å². The van der Waals surface area contributed by atoms with E-state index in [1.807, 2.05) is 30.3 Å². The third kappa shape index (κ3) is 2.87. The number of fused-ring (bicyclic) bond motifs is 2. The lowest BCUT2D eigenvalue weighted by atomic mass is 9.67. The number of amides is 2. The highest BCUT2D eigenvalue weighted by Crippen LogP contribution is 2.49. The zero-order chi connectivity index (χ0) is 20.1. The Morgan fingerprint density at radius 3 is 2.34 bits per heavy atom. The Kier molecular flexibility index (Phi) is 4.25. The number of para-hydroxylation sites is 1. The van der Waals surface area contributed by atoms with Crippen LogP contribution in [0.1, 0.15) is 22.6 Å². The van der Waals surface area contributed by atoms with Gasteiger partial charge in [-0.2, -0.15) is 0 Å². The molecule has 3 aromatic rings. The maximum Gasteiger partial charge on any atom is 0.238 e. The van der Waals surface area contributed by atoms with Crippen molar-refractivity contribution < 1.29 is 14.0 Å². The number of halogens is 2. The molecule has 0 unspecified atom stereocenters. The highest BCUT2D eigenvalue weighted by atomic mass is 35.5. The smallest absolute Gasteiger partial charge is 0.238 e. The molecular formula is C24H17ClFNO2. The van der Waals surface area contributed by atoms with Crippen LogP contribution >= 0.6 is 11.6 Å². The van der Waals surface area contributed by atoms with Crippen LogP contribution in [0.5, 0.6) is 0 Å². The molecule has 144 valence electrons. The fourth-order valence-electron chi connectivity index (χ4n) is 4.70.